The molecule has 6 nitrogen and oxygen atoms in total. The molecule has 0 radical (unpaired) electrons. The first kappa shape index (κ1) is 16.3. The molecule has 0 spiro atoms. The average Bonchev–Trinajstić information content (AvgIpc) is 2.99. The Hall–Kier alpha value is -2.08. The first-order chi connectivity index (χ1) is 10.5. The summed E-state index contributed by atoms with van der Waals surface area (Å²) in [6.45, 7) is 2.57. The largest absolute Gasteiger partial charge is 0.504 e. The van der Waals surface area contributed by atoms with E-state index in [0.29, 0.717) is 19.4 Å². The van der Waals surface area contributed by atoms with Crippen molar-refractivity contribution in [3.63, 3.8) is 0 Å². The molecule has 1 heterocycles. The van der Waals surface area contributed by atoms with E-state index in [-0.39, 0.29) is 30.3 Å². The maximum absolute atomic E-state index is 12.5. The van der Waals surface area contributed by atoms with E-state index in [0.717, 1.165) is 12.0 Å². The molecule has 0 saturated carbocycles. The number of benzene rings is 1. The van der Waals surface area contributed by atoms with Gasteiger partial charge >= 0.3 is 5.97 Å². The van der Waals surface area contributed by atoms with Gasteiger partial charge < -0.3 is 14.9 Å². The zero-order valence-corrected chi connectivity index (χ0v) is 12.6. The highest BCUT2D eigenvalue weighted by molar-refractivity contribution is 6.08. The lowest BCUT2D eigenvalue weighted by atomic mass is 9.88. The van der Waals surface area contributed by atoms with E-state index in [1.54, 1.807) is 13.0 Å². The number of carbonyl (C=O) groups is 2. The third-order valence-electron chi connectivity index (χ3n) is 3.94. The fraction of sp³-hybridized carbons (Fsp3) is 0.500. The van der Waals surface area contributed by atoms with E-state index in [1.807, 2.05) is 0 Å². The average molecular weight is 307 g/mol. The fourth-order valence-electron chi connectivity index (χ4n) is 2.72. The van der Waals surface area contributed by atoms with Crippen molar-refractivity contribution in [2.24, 2.45) is 0 Å². The van der Waals surface area contributed by atoms with Gasteiger partial charge in [-0.2, -0.15) is 0 Å². The second-order valence-electron chi connectivity index (χ2n) is 5.40. The molecule has 1 aromatic rings. The number of aryl methyl sites for hydroxylation is 1. The van der Waals surface area contributed by atoms with Crippen LogP contribution in [0.1, 0.15) is 31.7 Å². The van der Waals surface area contributed by atoms with Gasteiger partial charge in [0.25, 0.3) is 0 Å². The molecule has 0 amide bonds. The number of rotatable bonds is 6. The first-order valence-electron chi connectivity index (χ1n) is 7.46. The number of aromatic hydroxyl groups is 2. The fourth-order valence-corrected chi connectivity index (χ4v) is 2.72. The predicted molar refractivity (Wildman–Crippen MR) is 79.7 cm³/mol. The van der Waals surface area contributed by atoms with Crippen LogP contribution in [0.5, 0.6) is 11.5 Å². The SMILES string of the molecule is CCOC(=O)C1(C(=O)CCc2ccc(O)c(O)c2)CCCN1. The van der Waals surface area contributed by atoms with E-state index >= 15 is 0 Å². The van der Waals surface area contributed by atoms with E-state index in [9.17, 15) is 19.8 Å². The Morgan fingerprint density at radius 2 is 2.09 bits per heavy atom. The van der Waals surface area contributed by atoms with E-state index in [2.05, 4.69) is 5.32 Å². The van der Waals surface area contributed by atoms with Gasteiger partial charge in [0.15, 0.2) is 22.8 Å². The minimum Gasteiger partial charge on any atom is -0.504 e. The van der Waals surface area contributed by atoms with Crippen molar-refractivity contribution in [3.05, 3.63) is 23.8 Å². The molecule has 1 fully saturated rings. The molecule has 2 rings (SSSR count). The van der Waals surface area contributed by atoms with Gasteiger partial charge in [-0.3, -0.25) is 10.1 Å². The number of ketones is 1. The lowest BCUT2D eigenvalue weighted by Gasteiger charge is -2.25. The van der Waals surface area contributed by atoms with Crippen LogP contribution < -0.4 is 5.32 Å². The molecular formula is C16H21NO5. The van der Waals surface area contributed by atoms with Crippen LogP contribution in [-0.4, -0.2) is 40.7 Å². The Morgan fingerprint density at radius 1 is 1.32 bits per heavy atom. The lowest BCUT2D eigenvalue weighted by Crippen LogP contribution is -2.55. The van der Waals surface area contributed by atoms with Crippen LogP contribution in [0.25, 0.3) is 0 Å². The van der Waals surface area contributed by atoms with Gasteiger partial charge in [0.05, 0.1) is 6.61 Å². The van der Waals surface area contributed by atoms with Gasteiger partial charge in [0, 0.05) is 6.42 Å². The van der Waals surface area contributed by atoms with Crippen molar-refractivity contribution in [2.45, 2.75) is 38.1 Å². The standard InChI is InChI=1S/C16H21NO5/c1-2-22-15(21)16(8-3-9-17-16)14(20)7-5-11-4-6-12(18)13(19)10-11/h4,6,10,17-19H,2-3,5,7-9H2,1H3. The van der Waals surface area contributed by atoms with E-state index in [4.69, 9.17) is 4.74 Å². The highest BCUT2D eigenvalue weighted by Crippen LogP contribution is 2.27. The van der Waals surface area contributed by atoms with Crippen molar-refractivity contribution >= 4 is 11.8 Å². The maximum atomic E-state index is 12.5. The van der Waals surface area contributed by atoms with Crippen molar-refractivity contribution in [3.8, 4) is 11.5 Å². The third-order valence-corrected chi connectivity index (χ3v) is 3.94. The van der Waals surface area contributed by atoms with Gasteiger partial charge in [0.1, 0.15) is 0 Å². The topological polar surface area (TPSA) is 95.9 Å². The molecule has 1 atom stereocenters. The van der Waals surface area contributed by atoms with Gasteiger partial charge in [0.2, 0.25) is 0 Å². The zero-order valence-electron chi connectivity index (χ0n) is 12.6. The van der Waals surface area contributed by atoms with Crippen LogP contribution in [-0.2, 0) is 20.7 Å². The molecule has 120 valence electrons. The van der Waals surface area contributed by atoms with Crippen LogP contribution >= 0.6 is 0 Å². The summed E-state index contributed by atoms with van der Waals surface area (Å²) in [5, 5.41) is 21.7. The number of nitrogens with one attached hydrogen (secondary N) is 1. The van der Waals surface area contributed by atoms with Crippen molar-refractivity contribution in [1.29, 1.82) is 0 Å². The summed E-state index contributed by atoms with van der Waals surface area (Å²) in [5.74, 6) is -1.12. The zero-order chi connectivity index (χ0) is 16.2. The number of ether oxygens (including phenoxy) is 1. The number of hydrogen-bond donors (Lipinski definition) is 3. The van der Waals surface area contributed by atoms with Crippen LogP contribution in [0.4, 0.5) is 0 Å². The summed E-state index contributed by atoms with van der Waals surface area (Å²) >= 11 is 0. The summed E-state index contributed by atoms with van der Waals surface area (Å²) in [4.78, 5) is 24.7. The number of Topliss-reactive ketones (excluding diaryl/α,β-unsaturated/α-hetero) is 1. The van der Waals surface area contributed by atoms with Gasteiger partial charge in [-0.15, -0.1) is 0 Å². The minimum absolute atomic E-state index is 0.163. The summed E-state index contributed by atoms with van der Waals surface area (Å²) in [6, 6.07) is 4.44. The van der Waals surface area contributed by atoms with Crippen LogP contribution in [0.3, 0.4) is 0 Å². The van der Waals surface area contributed by atoms with Crippen LogP contribution in [0, 0.1) is 0 Å². The number of hydrogen-bond acceptors (Lipinski definition) is 6. The van der Waals surface area contributed by atoms with Crippen LogP contribution in [0.2, 0.25) is 0 Å². The minimum atomic E-state index is -1.23. The highest BCUT2D eigenvalue weighted by atomic mass is 16.5. The summed E-state index contributed by atoms with van der Waals surface area (Å²) in [5.41, 5.74) is -0.504. The quantitative estimate of drug-likeness (QED) is 0.416. The Labute approximate surface area is 129 Å². The Morgan fingerprint density at radius 3 is 2.68 bits per heavy atom. The molecule has 0 aromatic heterocycles. The molecule has 22 heavy (non-hydrogen) atoms. The lowest BCUT2D eigenvalue weighted by molar-refractivity contribution is -0.154. The Kier molecular flexibility index (Phi) is 5.03. The second kappa shape index (κ2) is 6.79. The molecule has 1 aliphatic heterocycles. The first-order valence-corrected chi connectivity index (χ1v) is 7.46. The molecule has 6 heteroatoms. The van der Waals surface area contributed by atoms with Crippen molar-refractivity contribution in [1.82, 2.24) is 5.32 Å². The monoisotopic (exact) mass is 307 g/mol. The van der Waals surface area contributed by atoms with Gasteiger partial charge in [-0.1, -0.05) is 6.07 Å². The van der Waals surface area contributed by atoms with E-state index in [1.165, 1.54) is 12.1 Å². The smallest absolute Gasteiger partial charge is 0.334 e. The third kappa shape index (κ3) is 3.22. The Bertz CT molecular complexity index is 564. The number of esters is 1. The molecule has 1 unspecified atom stereocenters. The number of phenols is 2. The molecule has 1 aliphatic rings. The van der Waals surface area contributed by atoms with Crippen LogP contribution in [0.15, 0.2) is 18.2 Å². The summed E-state index contributed by atoms with van der Waals surface area (Å²) in [6.07, 6.45) is 1.75. The Balaban J connectivity index is 2.05. The normalized spacial score (nSPS) is 20.8. The molecule has 0 aliphatic carbocycles. The summed E-state index contributed by atoms with van der Waals surface area (Å²) < 4.78 is 5.04. The van der Waals surface area contributed by atoms with Crippen molar-refractivity contribution < 1.29 is 24.5 Å². The highest BCUT2D eigenvalue weighted by Gasteiger charge is 2.48. The number of phenolic OH excluding ortho intramolecular Hbond substituents is 2. The molecule has 0 bridgehead atoms. The second-order valence-corrected chi connectivity index (χ2v) is 5.40. The number of carbonyl (C=O) groups excluding carboxylic acids is 2. The van der Waals surface area contributed by atoms with E-state index < -0.39 is 11.5 Å². The molecule has 3 N–H and O–H groups in total. The molecule has 1 aromatic carbocycles. The molecule has 1 saturated heterocycles. The maximum Gasteiger partial charge on any atom is 0.334 e. The molecular weight excluding hydrogens is 286 g/mol. The predicted octanol–water partition coefficient (Wildman–Crippen LogP) is 1.28. The van der Waals surface area contributed by atoms with Crippen molar-refractivity contribution in [2.75, 3.05) is 13.2 Å². The van der Waals surface area contributed by atoms with Gasteiger partial charge in [-0.25, -0.2) is 4.79 Å². The van der Waals surface area contributed by atoms with Gasteiger partial charge in [-0.05, 0) is 50.4 Å². The summed E-state index contributed by atoms with van der Waals surface area (Å²) in [7, 11) is 0.